The highest BCUT2D eigenvalue weighted by atomic mass is 16.6. The first kappa shape index (κ1) is 17.7. The first-order chi connectivity index (χ1) is 10.6. The summed E-state index contributed by atoms with van der Waals surface area (Å²) in [5, 5.41) is 0. The molecule has 0 bridgehead atoms. The zero-order chi connectivity index (χ0) is 16.1. The second kappa shape index (κ2) is 8.26. The van der Waals surface area contributed by atoms with Crippen LogP contribution in [0.5, 0.6) is 0 Å². The van der Waals surface area contributed by atoms with Crippen molar-refractivity contribution in [1.82, 2.24) is 9.80 Å². The second-order valence-electron chi connectivity index (χ2n) is 5.99. The number of piperazine rings is 1. The summed E-state index contributed by atoms with van der Waals surface area (Å²) in [5.41, 5.74) is 0. The molecule has 2 heterocycles. The van der Waals surface area contributed by atoms with Crippen molar-refractivity contribution in [2.75, 3.05) is 60.7 Å². The third kappa shape index (κ3) is 4.20. The van der Waals surface area contributed by atoms with Gasteiger partial charge in [-0.3, -0.25) is 4.79 Å². The Morgan fingerprint density at radius 2 is 1.91 bits per heavy atom. The van der Waals surface area contributed by atoms with Gasteiger partial charge < -0.3 is 28.7 Å². The molecule has 4 atom stereocenters. The smallest absolute Gasteiger partial charge is 0.248 e. The van der Waals surface area contributed by atoms with E-state index in [2.05, 4.69) is 11.9 Å². The molecule has 0 aliphatic carbocycles. The Labute approximate surface area is 133 Å². The van der Waals surface area contributed by atoms with E-state index in [0.29, 0.717) is 6.61 Å². The minimum atomic E-state index is -0.249. The van der Waals surface area contributed by atoms with E-state index in [9.17, 15) is 4.79 Å². The van der Waals surface area contributed by atoms with Crippen LogP contribution in [0, 0.1) is 0 Å². The van der Waals surface area contributed by atoms with Gasteiger partial charge in [-0.25, -0.2) is 0 Å². The van der Waals surface area contributed by atoms with Crippen LogP contribution in [0.4, 0.5) is 0 Å². The Bertz CT molecular complexity index is 365. The molecule has 0 aromatic rings. The molecule has 2 fully saturated rings. The van der Waals surface area contributed by atoms with Gasteiger partial charge in [0.1, 0.15) is 32.8 Å². The fourth-order valence-corrected chi connectivity index (χ4v) is 3.04. The van der Waals surface area contributed by atoms with Crippen molar-refractivity contribution in [3.8, 4) is 0 Å². The Morgan fingerprint density at radius 3 is 2.50 bits per heavy atom. The van der Waals surface area contributed by atoms with Crippen LogP contribution in [-0.2, 0) is 23.7 Å². The number of amides is 1. The van der Waals surface area contributed by atoms with Gasteiger partial charge in [0, 0.05) is 40.4 Å². The van der Waals surface area contributed by atoms with Crippen LogP contribution in [0.25, 0.3) is 0 Å². The number of rotatable bonds is 6. The number of carbonyl (C=O) groups is 1. The lowest BCUT2D eigenvalue weighted by Gasteiger charge is -2.33. The lowest BCUT2D eigenvalue weighted by atomic mass is 9.93. The molecule has 0 radical (unpaired) electrons. The van der Waals surface area contributed by atoms with Gasteiger partial charge in [0.2, 0.25) is 5.91 Å². The summed E-state index contributed by atoms with van der Waals surface area (Å²) in [7, 11) is 7.26. The molecule has 126 valence electrons. The topological polar surface area (TPSA) is 60.5 Å². The van der Waals surface area contributed by atoms with Gasteiger partial charge in [0.05, 0.1) is 12.6 Å². The number of ether oxygens (including phenoxy) is 4. The van der Waals surface area contributed by atoms with Crippen molar-refractivity contribution in [3.63, 3.8) is 0 Å². The molecule has 0 spiro atoms. The summed E-state index contributed by atoms with van der Waals surface area (Å²) < 4.78 is 22.3. The summed E-state index contributed by atoms with van der Waals surface area (Å²) in [6, 6.07) is -0.120. The molecular weight excluding hydrogens is 287 g/mol. The molecule has 2 aliphatic rings. The average Bonchev–Trinajstić information content (AvgIpc) is 2.80. The van der Waals surface area contributed by atoms with Crippen molar-refractivity contribution in [1.29, 1.82) is 0 Å². The third-order valence-corrected chi connectivity index (χ3v) is 4.40. The van der Waals surface area contributed by atoms with Crippen molar-refractivity contribution < 1.29 is 23.7 Å². The average molecular weight is 314 g/mol. The van der Waals surface area contributed by atoms with Gasteiger partial charge in [-0.1, -0.05) is 0 Å². The third-order valence-electron chi connectivity index (χ3n) is 4.40. The summed E-state index contributed by atoms with van der Waals surface area (Å²) in [6.07, 6.45) is -0.620. The van der Waals surface area contributed by atoms with Crippen LogP contribution in [0.3, 0.4) is 0 Å². The number of methoxy groups -OCH3 is 2. The summed E-state index contributed by atoms with van der Waals surface area (Å²) in [5.74, 6) is 0.0327. The van der Waals surface area contributed by atoms with E-state index in [-0.39, 0.29) is 36.8 Å². The van der Waals surface area contributed by atoms with Crippen LogP contribution in [-0.4, -0.2) is 109 Å². The Morgan fingerprint density at radius 1 is 1.23 bits per heavy atom. The normalized spacial score (nSPS) is 33.3. The van der Waals surface area contributed by atoms with Gasteiger partial charge in [-0.2, -0.15) is 0 Å². The monoisotopic (exact) mass is 314 g/mol. The van der Waals surface area contributed by atoms with E-state index < -0.39 is 0 Å². The molecule has 22 heavy (non-hydrogen) atoms. The highest BCUT2D eigenvalue weighted by molar-refractivity contribution is 6.11. The van der Waals surface area contributed by atoms with Crippen molar-refractivity contribution in [2.45, 2.75) is 24.3 Å². The summed E-state index contributed by atoms with van der Waals surface area (Å²) in [6.45, 7) is 3.86. The molecule has 0 aromatic carbocycles. The number of likely N-dealkylation sites (N-methyl/N-ethyl adjacent to an activating group) is 1. The predicted molar refractivity (Wildman–Crippen MR) is 83.7 cm³/mol. The molecule has 2 saturated heterocycles. The van der Waals surface area contributed by atoms with Crippen molar-refractivity contribution in [2.24, 2.45) is 0 Å². The lowest BCUT2D eigenvalue weighted by Crippen LogP contribution is -2.49. The van der Waals surface area contributed by atoms with E-state index in [1.807, 2.05) is 12.7 Å². The van der Waals surface area contributed by atoms with E-state index >= 15 is 0 Å². The maximum Gasteiger partial charge on any atom is 0.248 e. The van der Waals surface area contributed by atoms with E-state index in [1.54, 1.807) is 14.2 Å². The lowest BCUT2D eigenvalue weighted by molar-refractivity contribution is -0.142. The second-order valence-corrected chi connectivity index (χ2v) is 5.99. The molecule has 0 saturated carbocycles. The number of nitrogens with zero attached hydrogens (tertiary/aromatic N) is 2. The summed E-state index contributed by atoms with van der Waals surface area (Å²) >= 11 is 0. The number of hydrogen-bond donors (Lipinski definition) is 0. The van der Waals surface area contributed by atoms with Crippen molar-refractivity contribution in [3.05, 3.63) is 0 Å². The quantitative estimate of drug-likeness (QED) is 0.537. The number of hydrogen-bond acceptors (Lipinski definition) is 6. The van der Waals surface area contributed by atoms with Crippen LogP contribution in [0.15, 0.2) is 0 Å². The Balaban J connectivity index is 1.83. The molecule has 0 aromatic heterocycles. The van der Waals surface area contributed by atoms with Crippen LogP contribution in [0.1, 0.15) is 0 Å². The molecule has 0 N–H and O–H groups in total. The number of carbonyl (C=O) groups excluding carboxylic acids is 1. The molecule has 1 amide bonds. The van der Waals surface area contributed by atoms with Crippen molar-refractivity contribution >= 4 is 13.8 Å². The first-order valence-electron chi connectivity index (χ1n) is 7.82. The van der Waals surface area contributed by atoms with Crippen LogP contribution in [0.2, 0.25) is 0 Å². The maximum absolute atomic E-state index is 12.2. The van der Waals surface area contributed by atoms with Gasteiger partial charge in [0.15, 0.2) is 0 Å². The van der Waals surface area contributed by atoms with E-state index in [0.717, 1.165) is 26.2 Å². The minimum absolute atomic E-state index is 0.0327. The Hall–Kier alpha value is -0.665. The molecule has 2 aliphatic heterocycles. The van der Waals surface area contributed by atoms with E-state index in [1.165, 1.54) is 0 Å². The van der Waals surface area contributed by atoms with Crippen LogP contribution < -0.4 is 0 Å². The molecule has 8 heteroatoms. The van der Waals surface area contributed by atoms with Gasteiger partial charge in [0.25, 0.3) is 0 Å². The minimum Gasteiger partial charge on any atom is -0.382 e. The molecule has 2 rings (SSSR count). The van der Waals surface area contributed by atoms with Gasteiger partial charge in [-0.05, 0) is 7.05 Å². The fraction of sp³-hybridized carbons (Fsp3) is 0.929. The zero-order valence-electron chi connectivity index (χ0n) is 14.0. The maximum atomic E-state index is 12.2. The highest BCUT2D eigenvalue weighted by Crippen LogP contribution is 2.25. The fourth-order valence-electron chi connectivity index (χ4n) is 3.04. The first-order valence-corrected chi connectivity index (χ1v) is 7.82. The summed E-state index contributed by atoms with van der Waals surface area (Å²) in [4.78, 5) is 16.3. The van der Waals surface area contributed by atoms with Crippen LogP contribution >= 0.6 is 0 Å². The highest BCUT2D eigenvalue weighted by Gasteiger charge is 2.43. The SMILES string of the molecule is B[C@@H]1O[C@H](COC)C(OC)[C@@H]1OCC(=O)N1CCN(C)CC1. The Kier molecular flexibility index (Phi) is 6.64. The molecule has 7 nitrogen and oxygen atoms in total. The van der Waals surface area contributed by atoms with Gasteiger partial charge >= 0.3 is 0 Å². The largest absolute Gasteiger partial charge is 0.382 e. The standard InChI is InChI=1S/C14H27BN2O5/c1-16-4-6-17(7-5-16)11(18)9-21-13-12(20-3)10(8-19-2)22-14(13)15/h10,12-14H,4-9,15H2,1-3H3/t10-,12?,13+,14-/m1/s1. The predicted octanol–water partition coefficient (Wildman–Crippen LogP) is -1.83. The van der Waals surface area contributed by atoms with E-state index in [4.69, 9.17) is 18.9 Å². The zero-order valence-corrected chi connectivity index (χ0v) is 14.0. The molecule has 1 unspecified atom stereocenters. The molecular formula is C14H27BN2O5. The van der Waals surface area contributed by atoms with Gasteiger partial charge in [-0.15, -0.1) is 0 Å².